The van der Waals surface area contributed by atoms with Crippen molar-refractivity contribution in [3.63, 3.8) is 0 Å². The maximum absolute atomic E-state index is 12.9. The quantitative estimate of drug-likeness (QED) is 0.0261. The van der Waals surface area contributed by atoms with Gasteiger partial charge in [0.25, 0.3) is 0 Å². The topological polar surface area (TPSA) is 78.9 Å². The smallest absolute Gasteiger partial charge is 0.306 e. The predicted molar refractivity (Wildman–Crippen MR) is 298 cm³/mol. The second-order valence-electron chi connectivity index (χ2n) is 20.7. The first-order valence-electron chi connectivity index (χ1n) is 30.5. The van der Waals surface area contributed by atoms with E-state index in [0.717, 1.165) is 77.0 Å². The first-order chi connectivity index (χ1) is 34.0. The molecule has 0 saturated heterocycles. The van der Waals surface area contributed by atoms with Crippen LogP contribution in [0, 0.1) is 0 Å². The highest BCUT2D eigenvalue weighted by Gasteiger charge is 2.19. The minimum absolute atomic E-state index is 0.0735. The summed E-state index contributed by atoms with van der Waals surface area (Å²) < 4.78 is 16.9. The lowest BCUT2D eigenvalue weighted by molar-refractivity contribution is -0.167. The van der Waals surface area contributed by atoms with Crippen LogP contribution in [0.25, 0.3) is 0 Å². The Bertz CT molecular complexity index is 1160. The minimum atomic E-state index is -0.777. The van der Waals surface area contributed by atoms with Crippen LogP contribution in [0.4, 0.5) is 0 Å². The molecule has 0 heterocycles. The zero-order valence-electron chi connectivity index (χ0n) is 46.3. The van der Waals surface area contributed by atoms with E-state index in [1.807, 2.05) is 0 Å². The summed E-state index contributed by atoms with van der Waals surface area (Å²) in [6.45, 7) is 6.66. The Kier molecular flexibility index (Phi) is 56.2. The lowest BCUT2D eigenvalue weighted by Gasteiger charge is -2.18. The average molecular weight is 970 g/mol. The van der Waals surface area contributed by atoms with E-state index in [2.05, 4.69) is 57.2 Å². The molecule has 0 amide bonds. The highest BCUT2D eigenvalue weighted by molar-refractivity contribution is 5.71. The number of rotatable bonds is 56. The average Bonchev–Trinajstić information content (AvgIpc) is 3.35. The molecule has 0 N–H and O–H groups in total. The van der Waals surface area contributed by atoms with Gasteiger partial charge in [-0.05, 0) is 44.9 Å². The fraction of sp³-hybridized carbons (Fsp3) is 0.857. The third-order valence-electron chi connectivity index (χ3n) is 13.7. The molecule has 1 atom stereocenters. The normalized spacial score (nSPS) is 12.2. The zero-order chi connectivity index (χ0) is 50.0. The van der Waals surface area contributed by atoms with E-state index in [0.29, 0.717) is 19.3 Å². The summed E-state index contributed by atoms with van der Waals surface area (Å²) in [6, 6.07) is 0. The zero-order valence-corrected chi connectivity index (χ0v) is 46.3. The van der Waals surface area contributed by atoms with Gasteiger partial charge < -0.3 is 14.2 Å². The molecule has 0 aliphatic carbocycles. The standard InChI is InChI=1S/C63H116O6/c1-4-7-10-13-16-19-22-25-28-31-33-35-38-41-44-47-50-53-56-62(65)68-59-60(58-67-61(64)55-52-49-46-43-40-37-34-30-27-24-21-18-15-12-9-6-3)69-63(66)57-54-51-48-45-42-39-36-32-29-26-23-20-17-14-11-8-5-2/h22,25,28,31,33,35,60H,4-21,23-24,26-27,29-30,32,34,36-59H2,1-3H3/b25-22-,31-28-,35-33-. The number of allylic oxidation sites excluding steroid dienone is 6. The number of ether oxygens (including phenoxy) is 3. The van der Waals surface area contributed by atoms with Crippen LogP contribution in [0.1, 0.15) is 329 Å². The summed E-state index contributed by atoms with van der Waals surface area (Å²) in [6.07, 6.45) is 69.9. The summed E-state index contributed by atoms with van der Waals surface area (Å²) >= 11 is 0. The highest BCUT2D eigenvalue weighted by Crippen LogP contribution is 2.17. The number of esters is 3. The van der Waals surface area contributed by atoms with Crippen molar-refractivity contribution in [2.24, 2.45) is 0 Å². The molecule has 1 unspecified atom stereocenters. The molecule has 0 aliphatic rings. The highest BCUT2D eigenvalue weighted by atomic mass is 16.6. The largest absolute Gasteiger partial charge is 0.462 e. The monoisotopic (exact) mass is 969 g/mol. The van der Waals surface area contributed by atoms with Crippen molar-refractivity contribution in [1.82, 2.24) is 0 Å². The Morgan fingerprint density at radius 1 is 0.290 bits per heavy atom. The number of unbranched alkanes of at least 4 members (excludes halogenated alkanes) is 41. The van der Waals surface area contributed by atoms with E-state index in [1.54, 1.807) is 0 Å². The van der Waals surface area contributed by atoms with E-state index < -0.39 is 6.10 Å². The van der Waals surface area contributed by atoms with E-state index >= 15 is 0 Å². The third kappa shape index (κ3) is 56.4. The minimum Gasteiger partial charge on any atom is -0.462 e. The molecular formula is C63H116O6. The second kappa shape index (κ2) is 58.2. The SMILES string of the molecule is CCCCCCC\C=C/C=C\C=C/CCCCCCCC(=O)OCC(COC(=O)CCCCCCCCCCCCCCCCCC)OC(=O)CCCCCCCCCCCCCCCCCCC. The van der Waals surface area contributed by atoms with Crippen molar-refractivity contribution in [1.29, 1.82) is 0 Å². The van der Waals surface area contributed by atoms with Gasteiger partial charge in [0.2, 0.25) is 0 Å². The van der Waals surface area contributed by atoms with Crippen LogP contribution < -0.4 is 0 Å². The van der Waals surface area contributed by atoms with Gasteiger partial charge in [0.15, 0.2) is 6.10 Å². The Hall–Kier alpha value is -2.37. The molecule has 0 aliphatic heterocycles. The van der Waals surface area contributed by atoms with Crippen molar-refractivity contribution in [2.45, 2.75) is 335 Å². The summed E-state index contributed by atoms with van der Waals surface area (Å²) in [5, 5.41) is 0. The van der Waals surface area contributed by atoms with Gasteiger partial charge in [-0.1, -0.05) is 301 Å². The van der Waals surface area contributed by atoms with Crippen LogP contribution in [0.5, 0.6) is 0 Å². The molecule has 0 aromatic carbocycles. The molecule has 0 aromatic heterocycles. The second-order valence-corrected chi connectivity index (χ2v) is 20.7. The Morgan fingerprint density at radius 2 is 0.522 bits per heavy atom. The fourth-order valence-corrected chi connectivity index (χ4v) is 9.09. The Labute approximate surface area is 429 Å². The molecule has 0 saturated carbocycles. The van der Waals surface area contributed by atoms with E-state index in [1.165, 1.54) is 212 Å². The van der Waals surface area contributed by atoms with Crippen molar-refractivity contribution < 1.29 is 28.6 Å². The first kappa shape index (κ1) is 66.6. The summed E-state index contributed by atoms with van der Waals surface area (Å²) in [5.41, 5.74) is 0. The van der Waals surface area contributed by atoms with Gasteiger partial charge in [-0.25, -0.2) is 0 Å². The number of carbonyl (C=O) groups is 3. The molecule has 404 valence electrons. The van der Waals surface area contributed by atoms with Crippen molar-refractivity contribution in [2.75, 3.05) is 13.2 Å². The molecular weight excluding hydrogens is 853 g/mol. The summed E-state index contributed by atoms with van der Waals surface area (Å²) in [4.78, 5) is 38.2. The number of hydrogen-bond donors (Lipinski definition) is 0. The van der Waals surface area contributed by atoms with Gasteiger partial charge in [0.05, 0.1) is 0 Å². The molecule has 0 fully saturated rings. The van der Waals surface area contributed by atoms with Crippen LogP contribution in [-0.4, -0.2) is 37.2 Å². The Balaban J connectivity index is 4.37. The fourth-order valence-electron chi connectivity index (χ4n) is 9.09. The number of hydrogen-bond acceptors (Lipinski definition) is 6. The maximum atomic E-state index is 12.9. The van der Waals surface area contributed by atoms with E-state index in [9.17, 15) is 14.4 Å². The molecule has 0 spiro atoms. The molecule has 0 rings (SSSR count). The summed E-state index contributed by atoms with van der Waals surface area (Å²) in [7, 11) is 0. The van der Waals surface area contributed by atoms with Crippen molar-refractivity contribution in [3.05, 3.63) is 36.5 Å². The van der Waals surface area contributed by atoms with Gasteiger partial charge in [0, 0.05) is 19.3 Å². The van der Waals surface area contributed by atoms with Crippen LogP contribution in [0.2, 0.25) is 0 Å². The third-order valence-corrected chi connectivity index (χ3v) is 13.7. The van der Waals surface area contributed by atoms with Crippen molar-refractivity contribution in [3.8, 4) is 0 Å². The lowest BCUT2D eigenvalue weighted by Crippen LogP contribution is -2.30. The Morgan fingerprint density at radius 3 is 0.797 bits per heavy atom. The molecule has 0 aromatic rings. The van der Waals surface area contributed by atoms with E-state index in [-0.39, 0.29) is 31.1 Å². The summed E-state index contributed by atoms with van der Waals surface area (Å²) in [5.74, 6) is -0.871. The van der Waals surface area contributed by atoms with Crippen LogP contribution in [0.15, 0.2) is 36.5 Å². The van der Waals surface area contributed by atoms with Gasteiger partial charge in [-0.3, -0.25) is 14.4 Å². The predicted octanol–water partition coefficient (Wildman–Crippen LogP) is 20.4. The molecule has 69 heavy (non-hydrogen) atoms. The first-order valence-corrected chi connectivity index (χ1v) is 30.5. The van der Waals surface area contributed by atoms with Crippen LogP contribution in [0.3, 0.4) is 0 Å². The van der Waals surface area contributed by atoms with Gasteiger partial charge in [-0.15, -0.1) is 0 Å². The van der Waals surface area contributed by atoms with Gasteiger partial charge in [-0.2, -0.15) is 0 Å². The number of carbonyl (C=O) groups excluding carboxylic acids is 3. The van der Waals surface area contributed by atoms with E-state index in [4.69, 9.17) is 14.2 Å². The molecule has 6 nitrogen and oxygen atoms in total. The van der Waals surface area contributed by atoms with Crippen LogP contribution in [-0.2, 0) is 28.6 Å². The molecule has 0 bridgehead atoms. The van der Waals surface area contributed by atoms with Gasteiger partial charge >= 0.3 is 17.9 Å². The van der Waals surface area contributed by atoms with Crippen LogP contribution >= 0.6 is 0 Å². The lowest BCUT2D eigenvalue weighted by atomic mass is 10.0. The molecule has 0 radical (unpaired) electrons. The maximum Gasteiger partial charge on any atom is 0.306 e. The molecule has 6 heteroatoms. The van der Waals surface area contributed by atoms with Gasteiger partial charge in [0.1, 0.15) is 13.2 Å². The van der Waals surface area contributed by atoms with Crippen molar-refractivity contribution >= 4 is 17.9 Å².